The van der Waals surface area contributed by atoms with E-state index in [4.69, 9.17) is 0 Å². The Morgan fingerprint density at radius 2 is 1.36 bits per heavy atom. The van der Waals surface area contributed by atoms with E-state index in [9.17, 15) is 4.79 Å². The largest absolute Gasteiger partial charge is 0.336 e. The van der Waals surface area contributed by atoms with Crippen molar-refractivity contribution in [3.05, 3.63) is 94.5 Å². The maximum absolute atomic E-state index is 12.9. The lowest BCUT2D eigenvalue weighted by Crippen LogP contribution is -2.48. The number of hydrogen-bond donors (Lipinski definition) is 0. The van der Waals surface area contributed by atoms with Gasteiger partial charge in [0.25, 0.3) is 5.91 Å². The van der Waals surface area contributed by atoms with Gasteiger partial charge in [0, 0.05) is 42.8 Å². The van der Waals surface area contributed by atoms with Crippen molar-refractivity contribution in [2.24, 2.45) is 0 Å². The molecule has 1 fully saturated rings. The van der Waals surface area contributed by atoms with Crippen LogP contribution < -0.4 is 0 Å². The Kier molecular flexibility index (Phi) is 5.89. The molecule has 0 spiro atoms. The first-order valence-electron chi connectivity index (χ1n) is 9.60. The van der Waals surface area contributed by atoms with Crippen molar-refractivity contribution in [1.82, 2.24) is 9.80 Å². The summed E-state index contributed by atoms with van der Waals surface area (Å²) in [5, 5.41) is 0. The molecule has 1 heterocycles. The standard InChI is InChI=1S/C24H23BrN2O/c25-23-12-6-19(7-13-23)18-26-14-16-27(17-15-26)24(28)22-10-8-21(9-11-22)20-4-2-1-3-5-20/h1-13H,14-18H2. The van der Waals surface area contributed by atoms with Gasteiger partial charge in [0.05, 0.1) is 0 Å². The van der Waals surface area contributed by atoms with Crippen LogP contribution in [0.15, 0.2) is 83.3 Å². The van der Waals surface area contributed by atoms with Crippen LogP contribution >= 0.6 is 15.9 Å². The molecule has 3 aromatic carbocycles. The number of halogens is 1. The maximum Gasteiger partial charge on any atom is 0.253 e. The third kappa shape index (κ3) is 4.51. The van der Waals surface area contributed by atoms with Gasteiger partial charge in [-0.05, 0) is 41.0 Å². The zero-order valence-corrected chi connectivity index (χ0v) is 17.3. The number of rotatable bonds is 4. The highest BCUT2D eigenvalue weighted by Gasteiger charge is 2.22. The summed E-state index contributed by atoms with van der Waals surface area (Å²) in [6, 6.07) is 26.6. The van der Waals surface area contributed by atoms with Gasteiger partial charge in [0.2, 0.25) is 0 Å². The third-order valence-electron chi connectivity index (χ3n) is 5.22. The van der Waals surface area contributed by atoms with E-state index in [0.717, 1.165) is 48.3 Å². The minimum Gasteiger partial charge on any atom is -0.336 e. The molecule has 1 aliphatic heterocycles. The van der Waals surface area contributed by atoms with Crippen molar-refractivity contribution in [3.63, 3.8) is 0 Å². The molecule has 0 aromatic heterocycles. The fraction of sp³-hybridized carbons (Fsp3) is 0.208. The summed E-state index contributed by atoms with van der Waals surface area (Å²) >= 11 is 3.48. The minimum atomic E-state index is 0.128. The molecule has 4 rings (SSSR count). The summed E-state index contributed by atoms with van der Waals surface area (Å²) in [6.45, 7) is 4.29. The molecule has 4 heteroatoms. The Morgan fingerprint density at radius 1 is 0.750 bits per heavy atom. The van der Waals surface area contributed by atoms with Crippen LogP contribution in [0.2, 0.25) is 0 Å². The van der Waals surface area contributed by atoms with Crippen LogP contribution in [0.4, 0.5) is 0 Å². The number of amides is 1. The smallest absolute Gasteiger partial charge is 0.253 e. The van der Waals surface area contributed by atoms with Crippen LogP contribution in [0.5, 0.6) is 0 Å². The van der Waals surface area contributed by atoms with Gasteiger partial charge in [0.15, 0.2) is 0 Å². The van der Waals surface area contributed by atoms with E-state index in [1.807, 2.05) is 47.4 Å². The Bertz CT molecular complexity index is 915. The van der Waals surface area contributed by atoms with Crippen molar-refractivity contribution < 1.29 is 4.79 Å². The third-order valence-corrected chi connectivity index (χ3v) is 5.75. The lowest BCUT2D eigenvalue weighted by molar-refractivity contribution is 0.0628. The Labute approximate surface area is 174 Å². The van der Waals surface area contributed by atoms with Crippen LogP contribution in [0, 0.1) is 0 Å². The van der Waals surface area contributed by atoms with E-state index in [2.05, 4.69) is 57.2 Å². The molecule has 0 aliphatic carbocycles. The predicted molar refractivity (Wildman–Crippen MR) is 117 cm³/mol. The minimum absolute atomic E-state index is 0.128. The molecule has 1 aliphatic rings. The summed E-state index contributed by atoms with van der Waals surface area (Å²) in [4.78, 5) is 17.2. The van der Waals surface area contributed by atoms with Gasteiger partial charge >= 0.3 is 0 Å². The fourth-order valence-electron chi connectivity index (χ4n) is 3.58. The molecular formula is C24H23BrN2O. The van der Waals surface area contributed by atoms with Gasteiger partial charge in [-0.1, -0.05) is 70.5 Å². The normalized spacial score (nSPS) is 14.8. The first-order valence-corrected chi connectivity index (χ1v) is 10.4. The van der Waals surface area contributed by atoms with Crippen molar-refractivity contribution in [1.29, 1.82) is 0 Å². The second-order valence-electron chi connectivity index (χ2n) is 7.14. The number of carbonyl (C=O) groups is 1. The van der Waals surface area contributed by atoms with Gasteiger partial charge in [-0.15, -0.1) is 0 Å². The maximum atomic E-state index is 12.9. The number of nitrogens with zero attached hydrogens (tertiary/aromatic N) is 2. The van der Waals surface area contributed by atoms with E-state index >= 15 is 0 Å². The monoisotopic (exact) mass is 434 g/mol. The quantitative estimate of drug-likeness (QED) is 0.571. The zero-order chi connectivity index (χ0) is 19.3. The average Bonchev–Trinajstić information content (AvgIpc) is 2.76. The molecule has 0 N–H and O–H groups in total. The summed E-state index contributed by atoms with van der Waals surface area (Å²) in [7, 11) is 0. The highest BCUT2D eigenvalue weighted by Crippen LogP contribution is 2.20. The molecule has 0 atom stereocenters. The second-order valence-corrected chi connectivity index (χ2v) is 8.05. The first kappa shape index (κ1) is 18.9. The van der Waals surface area contributed by atoms with Crippen LogP contribution in [0.3, 0.4) is 0 Å². The second kappa shape index (κ2) is 8.72. The van der Waals surface area contributed by atoms with Crippen LogP contribution in [-0.4, -0.2) is 41.9 Å². The molecule has 1 saturated heterocycles. The van der Waals surface area contributed by atoms with Gasteiger partial charge in [0.1, 0.15) is 0 Å². The molecule has 0 unspecified atom stereocenters. The average molecular weight is 435 g/mol. The van der Waals surface area contributed by atoms with Crippen LogP contribution in [0.25, 0.3) is 11.1 Å². The number of piperazine rings is 1. The summed E-state index contributed by atoms with van der Waals surface area (Å²) in [5.74, 6) is 0.128. The lowest BCUT2D eigenvalue weighted by Gasteiger charge is -2.34. The number of carbonyl (C=O) groups excluding carboxylic acids is 1. The molecule has 142 valence electrons. The molecule has 3 nitrogen and oxygen atoms in total. The first-order chi connectivity index (χ1) is 13.7. The van der Waals surface area contributed by atoms with Crippen molar-refractivity contribution in [2.45, 2.75) is 6.54 Å². The summed E-state index contributed by atoms with van der Waals surface area (Å²) < 4.78 is 1.10. The number of hydrogen-bond acceptors (Lipinski definition) is 2. The SMILES string of the molecule is O=C(c1ccc(-c2ccccc2)cc1)N1CCN(Cc2ccc(Br)cc2)CC1. The van der Waals surface area contributed by atoms with E-state index in [0.29, 0.717) is 0 Å². The summed E-state index contributed by atoms with van der Waals surface area (Å²) in [6.07, 6.45) is 0. The van der Waals surface area contributed by atoms with E-state index < -0.39 is 0 Å². The van der Waals surface area contributed by atoms with Crippen LogP contribution in [0.1, 0.15) is 15.9 Å². The van der Waals surface area contributed by atoms with Gasteiger partial charge in [-0.3, -0.25) is 9.69 Å². The Balaban J connectivity index is 1.34. The van der Waals surface area contributed by atoms with Crippen molar-refractivity contribution in [2.75, 3.05) is 26.2 Å². The predicted octanol–water partition coefficient (Wildman–Crippen LogP) is 5.07. The number of benzene rings is 3. The molecule has 28 heavy (non-hydrogen) atoms. The topological polar surface area (TPSA) is 23.6 Å². The van der Waals surface area contributed by atoms with Crippen LogP contribution in [-0.2, 0) is 6.54 Å². The molecule has 3 aromatic rings. The molecule has 0 radical (unpaired) electrons. The molecule has 0 saturated carbocycles. The highest BCUT2D eigenvalue weighted by atomic mass is 79.9. The Hall–Kier alpha value is -2.43. The van der Waals surface area contributed by atoms with Gasteiger partial charge in [-0.25, -0.2) is 0 Å². The van der Waals surface area contributed by atoms with Gasteiger partial charge in [-0.2, -0.15) is 0 Å². The van der Waals surface area contributed by atoms with E-state index in [1.165, 1.54) is 11.1 Å². The zero-order valence-electron chi connectivity index (χ0n) is 15.7. The van der Waals surface area contributed by atoms with E-state index in [-0.39, 0.29) is 5.91 Å². The molecular weight excluding hydrogens is 412 g/mol. The van der Waals surface area contributed by atoms with Crippen molar-refractivity contribution in [3.8, 4) is 11.1 Å². The fourth-order valence-corrected chi connectivity index (χ4v) is 3.84. The Morgan fingerprint density at radius 3 is 2.00 bits per heavy atom. The van der Waals surface area contributed by atoms with Crippen molar-refractivity contribution >= 4 is 21.8 Å². The lowest BCUT2D eigenvalue weighted by atomic mass is 10.0. The highest BCUT2D eigenvalue weighted by molar-refractivity contribution is 9.10. The molecule has 0 bridgehead atoms. The summed E-state index contributed by atoms with van der Waals surface area (Å²) in [5.41, 5.74) is 4.38. The van der Waals surface area contributed by atoms with Gasteiger partial charge < -0.3 is 4.90 Å². The van der Waals surface area contributed by atoms with E-state index in [1.54, 1.807) is 0 Å². The molecule has 1 amide bonds.